The molecular formula is C62H83Cl3FN17O14. The van der Waals surface area contributed by atoms with Crippen LogP contribution in [0.4, 0.5) is 15.8 Å². The van der Waals surface area contributed by atoms with Crippen LogP contribution in [0.15, 0.2) is 140 Å². The number of anilines is 2. The highest BCUT2D eigenvalue weighted by Crippen LogP contribution is 2.29. The molecule has 0 bridgehead atoms. The summed E-state index contributed by atoms with van der Waals surface area (Å²) in [6.45, 7) is 10.9. The van der Waals surface area contributed by atoms with Gasteiger partial charge < -0.3 is 52.7 Å². The second-order valence-corrected chi connectivity index (χ2v) is 22.4. The van der Waals surface area contributed by atoms with E-state index in [4.69, 9.17) is 54.7 Å². The Morgan fingerprint density at radius 3 is 1.23 bits per heavy atom. The lowest BCUT2D eigenvalue weighted by molar-refractivity contribution is -0.111. The van der Waals surface area contributed by atoms with Crippen molar-refractivity contribution in [1.29, 1.82) is 0 Å². The number of nitrogens with two attached hydrogens (primary N) is 2. The van der Waals surface area contributed by atoms with Crippen molar-refractivity contribution >= 4 is 97.5 Å². The van der Waals surface area contributed by atoms with Crippen LogP contribution in [0.25, 0.3) is 32.7 Å². The van der Waals surface area contributed by atoms with Crippen molar-refractivity contribution < 1.29 is 44.6 Å². The Bertz CT molecular complexity index is 4270. The number of halogens is 4. The number of aromatic nitrogens is 12. The van der Waals surface area contributed by atoms with E-state index in [1.54, 1.807) is 90.4 Å². The second kappa shape index (κ2) is 40.0. The van der Waals surface area contributed by atoms with E-state index in [0.717, 1.165) is 19.1 Å². The van der Waals surface area contributed by atoms with Gasteiger partial charge in [0.05, 0.1) is 103 Å². The summed E-state index contributed by atoms with van der Waals surface area (Å²) in [7, 11) is 8.82. The van der Waals surface area contributed by atoms with Crippen LogP contribution in [0.3, 0.4) is 0 Å². The number of fused-ring (bicyclic) bond motifs is 3. The van der Waals surface area contributed by atoms with Crippen molar-refractivity contribution in [3.8, 4) is 0 Å². The second-order valence-electron chi connectivity index (χ2n) is 21.7. The molecule has 12 N–H and O–H groups in total. The van der Waals surface area contributed by atoms with Crippen LogP contribution in [0.2, 0.25) is 5.02 Å². The average molecular weight is 1420 g/mol. The molecule has 0 saturated carbocycles. The molecule has 0 unspecified atom stereocenters. The van der Waals surface area contributed by atoms with Gasteiger partial charge in [-0.15, -0.1) is 24.0 Å². The third-order valence-corrected chi connectivity index (χ3v) is 15.0. The Hall–Kier alpha value is -9.67. The number of hydrogen-bond donors (Lipinski definition) is 8. The number of nitrogens with zero attached hydrogens (tertiary/aromatic N) is 11. The van der Waals surface area contributed by atoms with Gasteiger partial charge in [0.2, 0.25) is 0 Å². The molecule has 0 spiro atoms. The first kappa shape index (κ1) is 83.4. The quantitative estimate of drug-likeness (QED) is 0.0834. The number of hydrogen-bond acceptors (Lipinski definition) is 22. The van der Waals surface area contributed by atoms with Crippen molar-refractivity contribution in [2.75, 3.05) is 84.5 Å². The van der Waals surface area contributed by atoms with E-state index >= 15 is 0 Å². The molecule has 31 nitrogen and oxygen atoms in total. The average Bonchev–Trinajstić information content (AvgIpc) is 0.772. The Labute approximate surface area is 573 Å². The Balaban J connectivity index is 0.000000574. The SMILES string of the molecule is C.CC1(CCl)COC1.CN.CNc1ccncc1C(=O)O.CNc1ccncc1C(N)=O.Cl.Cn1c(=O)[nH]c(=O)c2cnccc21.Cn1c(=O)n(CC2(C)COC2)c(=O)c2cnccc21.Cn1c(=O)n(CC2(C)COC2)c(=O)c2cnccc21.N.O=C(O)c1cnccc1Cl.[2H]CF. The smallest absolute Gasteiger partial charge is 0.339 e. The molecule has 12 rings (SSSR count). The summed E-state index contributed by atoms with van der Waals surface area (Å²) < 4.78 is 37.7. The van der Waals surface area contributed by atoms with Crippen LogP contribution in [0, 0.1) is 16.2 Å². The maximum absolute atomic E-state index is 12.4. The Morgan fingerprint density at radius 2 is 0.928 bits per heavy atom. The number of carbonyl (C=O) groups is 3. The van der Waals surface area contributed by atoms with Gasteiger partial charge in [-0.2, -0.15) is 0 Å². The highest BCUT2D eigenvalue weighted by atomic mass is 35.5. The molecule has 9 aromatic heterocycles. The lowest BCUT2D eigenvalue weighted by Crippen LogP contribution is -2.49. The highest BCUT2D eigenvalue weighted by Gasteiger charge is 2.36. The first-order valence-corrected chi connectivity index (χ1v) is 29.0. The number of aryl methyl sites for hydroxylation is 3. The molecule has 0 aromatic carbocycles. The third-order valence-electron chi connectivity index (χ3n) is 14.0. The molecule has 12 heterocycles. The molecular weight excluding hydrogens is 1330 g/mol. The van der Waals surface area contributed by atoms with Crippen molar-refractivity contribution in [3.05, 3.63) is 195 Å². The number of alkyl halides is 2. The van der Waals surface area contributed by atoms with E-state index in [9.17, 15) is 47.5 Å². The fourth-order valence-electron chi connectivity index (χ4n) is 8.71. The molecule has 9 aromatic rings. The monoisotopic (exact) mass is 1410 g/mol. The molecule has 0 aliphatic carbocycles. The highest BCUT2D eigenvalue weighted by molar-refractivity contribution is 6.33. The molecule has 3 fully saturated rings. The number of nitrogens with one attached hydrogen (secondary N) is 3. The number of ether oxygens (including phenoxy) is 3. The predicted octanol–water partition coefficient (Wildman–Crippen LogP) is 5.00. The molecule has 0 radical (unpaired) electrons. The topological polar surface area (TPSA) is 451 Å². The zero-order chi connectivity index (χ0) is 70.8. The van der Waals surface area contributed by atoms with E-state index in [1.807, 2.05) is 13.8 Å². The minimum absolute atomic E-state index is 0. The fraction of sp³-hybridized carbons (Fsp3) is 0.371. The lowest BCUT2D eigenvalue weighted by atomic mass is 9.88. The number of aromatic carboxylic acids is 2. The summed E-state index contributed by atoms with van der Waals surface area (Å²) in [6, 6.07) is 9.73. The number of aromatic amines is 1. The third kappa shape index (κ3) is 22.5. The van der Waals surface area contributed by atoms with Gasteiger partial charge in [-0.05, 0) is 43.4 Å². The number of rotatable bonds is 10. The number of H-pyrrole nitrogens is 1. The first-order chi connectivity index (χ1) is 45.1. The van der Waals surface area contributed by atoms with E-state index in [2.05, 4.69) is 58.2 Å². The Kier molecular flexibility index (Phi) is 34.4. The van der Waals surface area contributed by atoms with Crippen LogP contribution < -0.4 is 62.0 Å². The summed E-state index contributed by atoms with van der Waals surface area (Å²) in [5.41, 5.74) is 11.4. The Morgan fingerprint density at radius 1 is 0.598 bits per heavy atom. The maximum Gasteiger partial charge on any atom is 0.339 e. The molecule has 35 heteroatoms. The van der Waals surface area contributed by atoms with Gasteiger partial charge in [-0.25, -0.2) is 24.0 Å². The van der Waals surface area contributed by atoms with Crippen LogP contribution in [0.1, 0.15) is 60.6 Å². The van der Waals surface area contributed by atoms with Crippen molar-refractivity contribution in [2.24, 2.45) is 48.9 Å². The van der Waals surface area contributed by atoms with Crippen molar-refractivity contribution in [2.45, 2.75) is 41.3 Å². The van der Waals surface area contributed by atoms with E-state index in [0.29, 0.717) is 94.6 Å². The number of carboxylic acids is 2. The van der Waals surface area contributed by atoms with Gasteiger partial charge in [0, 0.05) is 151 Å². The molecule has 97 heavy (non-hydrogen) atoms. The molecule has 3 aliphatic heterocycles. The van der Waals surface area contributed by atoms with E-state index in [1.165, 1.54) is 85.5 Å². The number of primary amides is 1. The molecule has 528 valence electrons. The molecule has 0 atom stereocenters. The summed E-state index contributed by atoms with van der Waals surface area (Å²) >= 11 is 11.1. The first-order valence-electron chi connectivity index (χ1n) is 28.8. The summed E-state index contributed by atoms with van der Waals surface area (Å²) in [5, 5.41) is 24.2. The molecule has 1 amide bonds. The fourth-order valence-corrected chi connectivity index (χ4v) is 9.05. The minimum Gasteiger partial charge on any atom is -0.478 e. The van der Waals surface area contributed by atoms with Crippen molar-refractivity contribution in [3.63, 3.8) is 0 Å². The van der Waals surface area contributed by atoms with Gasteiger partial charge >= 0.3 is 29.0 Å². The molecule has 3 aliphatic rings. The lowest BCUT2D eigenvalue weighted by Gasteiger charge is -2.38. The number of amides is 1. The van der Waals surface area contributed by atoms with Gasteiger partial charge in [0.15, 0.2) is 0 Å². The standard InChI is InChI=1S/2C13H15N3O3.C8H7N3O2.C7H9N3O.C7H8N2O2.C6H4ClNO2.C5H9ClO.CH3F.CH5N.CH4.ClH.H3N/c2*1-13(7-19-8-13)6-16-11(17)9-5-14-4-3-10(9)15(2)12(16)18;1-11-6-2-3-9-4-5(6)7(12)10-8(11)13;1-9-6-2-3-10-4-5(6)7(8)11;1-8-6-2-3-9-4-5(6)7(10)11;7-5-1-2-8-3-4(5)6(9)10;1-5(2-6)3-7-4-5;2*1-2;;;/h2*3-5H,6-8H2,1-2H3;2-4H,1H3,(H,10,12,13);2-4H,1H3,(H2,8,11)(H,9,10);2-4H,1H3,(H,8,9)(H,10,11);1-3H,(H,9,10);2-4H2,1H3;1H3;2H2,1H3;1H4;1H;1H3/i;;;;;;;1D;;;;. The summed E-state index contributed by atoms with van der Waals surface area (Å²) in [4.78, 5) is 128. The molecule has 3 saturated heterocycles. The number of pyridine rings is 6. The van der Waals surface area contributed by atoms with Crippen LogP contribution in [-0.4, -0.2) is 160 Å². The van der Waals surface area contributed by atoms with Gasteiger partial charge in [0.1, 0.15) is 5.56 Å². The largest absolute Gasteiger partial charge is 0.478 e. The van der Waals surface area contributed by atoms with Crippen LogP contribution in [-0.2, 0) is 48.4 Å². The number of carboxylic acid groups (broad SMARTS) is 2. The van der Waals surface area contributed by atoms with Crippen LogP contribution in [0.5, 0.6) is 0 Å². The van der Waals surface area contributed by atoms with Crippen molar-refractivity contribution in [1.82, 2.24) is 63.9 Å². The minimum atomic E-state index is -1.06. The summed E-state index contributed by atoms with van der Waals surface area (Å²) in [5.74, 6) is -1.77. The van der Waals surface area contributed by atoms with Gasteiger partial charge in [0.25, 0.3) is 22.6 Å². The predicted molar refractivity (Wildman–Crippen MR) is 373 cm³/mol. The maximum atomic E-state index is 12.4. The zero-order valence-electron chi connectivity index (χ0n) is 55.1. The van der Waals surface area contributed by atoms with E-state index < -0.39 is 36.2 Å². The van der Waals surface area contributed by atoms with Crippen LogP contribution >= 0.6 is 35.6 Å². The number of carbonyl (C=O) groups excluding carboxylic acids is 1. The van der Waals surface area contributed by atoms with E-state index in [-0.39, 0.29) is 75.5 Å². The van der Waals surface area contributed by atoms with Gasteiger partial charge in [-0.1, -0.05) is 39.8 Å². The summed E-state index contributed by atoms with van der Waals surface area (Å²) in [6.07, 6.45) is 17.7. The normalized spacial score (nSPS) is 13.4. The van der Waals surface area contributed by atoms with Gasteiger partial charge in [-0.3, -0.25) is 81.3 Å². The zero-order valence-corrected chi connectivity index (χ0v) is 56.4.